The molecule has 32 heavy (non-hydrogen) atoms. The number of nitrogens with zero attached hydrogens (tertiary/aromatic N) is 2. The largest absolute Gasteiger partial charge is 0.522 e. The van der Waals surface area contributed by atoms with Crippen LogP contribution in [0.1, 0.15) is 37.3 Å². The average molecular weight is 459 g/mol. The molecular formula is C20H24F3N3O6. The first kappa shape index (κ1) is 23.8. The maximum Gasteiger partial charge on any atom is 0.522 e. The van der Waals surface area contributed by atoms with Gasteiger partial charge in [-0.15, -0.1) is 18.3 Å². The highest BCUT2D eigenvalue weighted by Gasteiger charge is 2.32. The number of carbonyl (C=O) groups excluding carboxylic acids is 1. The molecule has 2 aromatic rings. The lowest BCUT2D eigenvalue weighted by atomic mass is 10.1. The summed E-state index contributed by atoms with van der Waals surface area (Å²) >= 11 is 0. The van der Waals surface area contributed by atoms with E-state index in [0.717, 1.165) is 5.56 Å². The first-order valence-electron chi connectivity index (χ1n) is 9.99. The minimum atomic E-state index is -4.75. The standard InChI is InChI=1S/C20H24F3N3O6/c1-12-3-6-15(7-4-12)28-11-17(27)24-14-5-8-16(29-10-14)18-25-26-19(31-18)30-9-13(2)32-20(21,22)23/h3-4,6-7,13-14,16H,5,8-11H2,1-2H3,(H,24,27)/t13?,14-,16+/m1/s1. The molecule has 0 aliphatic carbocycles. The minimum Gasteiger partial charge on any atom is -0.484 e. The fraction of sp³-hybridized carbons (Fsp3) is 0.550. The van der Waals surface area contributed by atoms with Gasteiger partial charge in [-0.1, -0.05) is 22.8 Å². The third-order valence-corrected chi connectivity index (χ3v) is 4.51. The molecule has 0 saturated carbocycles. The second-order valence-electron chi connectivity index (χ2n) is 7.36. The van der Waals surface area contributed by atoms with Gasteiger partial charge in [0.1, 0.15) is 18.5 Å². The van der Waals surface area contributed by atoms with Crippen molar-refractivity contribution in [2.24, 2.45) is 0 Å². The molecule has 1 aliphatic rings. The Morgan fingerprint density at radius 2 is 1.97 bits per heavy atom. The molecule has 1 aromatic carbocycles. The van der Waals surface area contributed by atoms with Crippen LogP contribution in [0.4, 0.5) is 13.2 Å². The molecule has 0 radical (unpaired) electrons. The van der Waals surface area contributed by atoms with Crippen LogP contribution in [-0.4, -0.2) is 54.4 Å². The van der Waals surface area contributed by atoms with Crippen LogP contribution >= 0.6 is 0 Å². The van der Waals surface area contributed by atoms with Crippen LogP contribution < -0.4 is 14.8 Å². The normalized spacial score (nSPS) is 19.9. The van der Waals surface area contributed by atoms with E-state index in [0.29, 0.717) is 18.6 Å². The fourth-order valence-electron chi connectivity index (χ4n) is 2.97. The van der Waals surface area contributed by atoms with Crippen molar-refractivity contribution in [1.29, 1.82) is 0 Å². The molecule has 1 aliphatic heterocycles. The number of halogens is 3. The van der Waals surface area contributed by atoms with Gasteiger partial charge in [0.15, 0.2) is 6.61 Å². The highest BCUT2D eigenvalue weighted by atomic mass is 19.4. The Labute approximate surface area is 182 Å². The topological polar surface area (TPSA) is 105 Å². The zero-order valence-electron chi connectivity index (χ0n) is 17.6. The molecule has 1 amide bonds. The Morgan fingerprint density at radius 1 is 1.22 bits per heavy atom. The van der Waals surface area contributed by atoms with Gasteiger partial charge in [-0.3, -0.25) is 9.53 Å². The summed E-state index contributed by atoms with van der Waals surface area (Å²) in [6, 6.07) is 7.19. The van der Waals surface area contributed by atoms with Crippen LogP contribution in [0, 0.1) is 6.92 Å². The van der Waals surface area contributed by atoms with Gasteiger partial charge < -0.3 is 23.9 Å². The van der Waals surface area contributed by atoms with Gasteiger partial charge in [0, 0.05) is 0 Å². The van der Waals surface area contributed by atoms with Gasteiger partial charge in [-0.2, -0.15) is 0 Å². The molecule has 12 heteroatoms. The van der Waals surface area contributed by atoms with Gasteiger partial charge in [0.25, 0.3) is 5.91 Å². The van der Waals surface area contributed by atoms with Crippen LogP contribution in [-0.2, 0) is 14.3 Å². The van der Waals surface area contributed by atoms with E-state index in [1.807, 2.05) is 19.1 Å². The number of amides is 1. The SMILES string of the molecule is Cc1ccc(OCC(=O)N[C@@H]2CC[C@@H](c3nnc(OCC(C)OC(F)(F)F)o3)OC2)cc1. The smallest absolute Gasteiger partial charge is 0.484 e. The summed E-state index contributed by atoms with van der Waals surface area (Å²) in [6.07, 6.45) is -5.66. The van der Waals surface area contributed by atoms with Gasteiger partial charge in [-0.05, 0) is 38.8 Å². The Balaban J connectivity index is 1.37. The second-order valence-corrected chi connectivity index (χ2v) is 7.36. The summed E-state index contributed by atoms with van der Waals surface area (Å²) in [7, 11) is 0. The van der Waals surface area contributed by atoms with Crippen LogP contribution in [0.25, 0.3) is 0 Å². The molecule has 3 atom stereocenters. The molecule has 1 unspecified atom stereocenters. The molecule has 9 nitrogen and oxygen atoms in total. The monoisotopic (exact) mass is 459 g/mol. The van der Waals surface area contributed by atoms with E-state index in [9.17, 15) is 18.0 Å². The maximum absolute atomic E-state index is 12.1. The molecule has 1 saturated heterocycles. The molecule has 0 spiro atoms. The van der Waals surface area contributed by atoms with E-state index in [1.165, 1.54) is 6.92 Å². The lowest BCUT2D eigenvalue weighted by Crippen LogP contribution is -2.43. The number of nitrogens with one attached hydrogen (secondary N) is 1. The predicted octanol–water partition coefficient (Wildman–Crippen LogP) is 3.10. The van der Waals surface area contributed by atoms with E-state index < -0.39 is 25.2 Å². The van der Waals surface area contributed by atoms with E-state index in [4.69, 9.17) is 18.6 Å². The van der Waals surface area contributed by atoms with Crippen molar-refractivity contribution in [2.75, 3.05) is 19.8 Å². The summed E-state index contributed by atoms with van der Waals surface area (Å²) in [5, 5.41) is 10.3. The number of rotatable bonds is 9. The average Bonchev–Trinajstić information content (AvgIpc) is 3.20. The fourth-order valence-corrected chi connectivity index (χ4v) is 2.97. The summed E-state index contributed by atoms with van der Waals surface area (Å²) in [6.45, 7) is 2.88. The molecule has 1 fully saturated rings. The first-order chi connectivity index (χ1) is 15.2. The number of hydrogen-bond donors (Lipinski definition) is 1. The summed E-state index contributed by atoms with van der Waals surface area (Å²) in [5.41, 5.74) is 1.10. The van der Waals surface area contributed by atoms with Crippen molar-refractivity contribution in [2.45, 2.75) is 51.3 Å². The van der Waals surface area contributed by atoms with Crippen molar-refractivity contribution in [3.8, 4) is 11.8 Å². The van der Waals surface area contributed by atoms with Gasteiger partial charge >= 0.3 is 12.4 Å². The second kappa shape index (κ2) is 10.6. The number of ether oxygens (including phenoxy) is 4. The van der Waals surface area contributed by atoms with Crippen molar-refractivity contribution in [3.63, 3.8) is 0 Å². The number of hydrogen-bond acceptors (Lipinski definition) is 8. The number of aryl methyl sites for hydroxylation is 1. The van der Waals surface area contributed by atoms with Crippen molar-refractivity contribution in [3.05, 3.63) is 35.7 Å². The maximum atomic E-state index is 12.1. The summed E-state index contributed by atoms with van der Waals surface area (Å²) < 4.78 is 61.7. The Bertz CT molecular complexity index is 866. The van der Waals surface area contributed by atoms with Crippen LogP contribution in [0.15, 0.2) is 28.7 Å². The van der Waals surface area contributed by atoms with E-state index in [-0.39, 0.29) is 37.1 Å². The number of carbonyl (C=O) groups is 1. The quantitative estimate of drug-likeness (QED) is 0.610. The Morgan fingerprint density at radius 3 is 2.62 bits per heavy atom. The van der Waals surface area contributed by atoms with Crippen molar-refractivity contribution < 1.29 is 41.3 Å². The molecule has 176 valence electrons. The van der Waals surface area contributed by atoms with E-state index in [2.05, 4.69) is 20.3 Å². The van der Waals surface area contributed by atoms with E-state index >= 15 is 0 Å². The highest BCUT2D eigenvalue weighted by molar-refractivity contribution is 5.77. The van der Waals surface area contributed by atoms with Crippen LogP contribution in [0.5, 0.6) is 11.8 Å². The highest BCUT2D eigenvalue weighted by Crippen LogP contribution is 2.28. The van der Waals surface area contributed by atoms with Gasteiger partial charge in [-0.25, -0.2) is 0 Å². The molecule has 3 rings (SSSR count). The molecule has 1 N–H and O–H groups in total. The van der Waals surface area contributed by atoms with Crippen molar-refractivity contribution in [1.82, 2.24) is 15.5 Å². The van der Waals surface area contributed by atoms with Crippen LogP contribution in [0.2, 0.25) is 0 Å². The number of alkyl halides is 3. The summed E-state index contributed by atoms with van der Waals surface area (Å²) in [4.78, 5) is 12.1. The molecule has 2 heterocycles. The van der Waals surface area contributed by atoms with Crippen molar-refractivity contribution >= 4 is 5.91 Å². The summed E-state index contributed by atoms with van der Waals surface area (Å²) in [5.74, 6) is 0.498. The van der Waals surface area contributed by atoms with Gasteiger partial charge in [0.05, 0.1) is 18.8 Å². The lowest BCUT2D eigenvalue weighted by Gasteiger charge is -2.27. The zero-order valence-corrected chi connectivity index (χ0v) is 17.6. The third-order valence-electron chi connectivity index (χ3n) is 4.51. The molecule has 1 aromatic heterocycles. The molecular weight excluding hydrogens is 435 g/mol. The third kappa shape index (κ3) is 7.68. The Hall–Kier alpha value is -2.86. The minimum absolute atomic E-state index is 0.107. The van der Waals surface area contributed by atoms with Crippen LogP contribution in [0.3, 0.4) is 0 Å². The molecule has 0 bridgehead atoms. The van der Waals surface area contributed by atoms with E-state index in [1.54, 1.807) is 12.1 Å². The Kier molecular flexibility index (Phi) is 7.91. The predicted molar refractivity (Wildman–Crippen MR) is 103 cm³/mol. The first-order valence-corrected chi connectivity index (χ1v) is 9.99. The number of aromatic nitrogens is 2. The number of benzene rings is 1. The zero-order chi connectivity index (χ0) is 23.1. The van der Waals surface area contributed by atoms with Gasteiger partial charge in [0.2, 0.25) is 5.89 Å². The lowest BCUT2D eigenvalue weighted by molar-refractivity contribution is -0.342.